The van der Waals surface area contributed by atoms with Gasteiger partial charge in [0.05, 0.1) is 30.5 Å². The van der Waals surface area contributed by atoms with E-state index in [0.717, 1.165) is 0 Å². The van der Waals surface area contributed by atoms with Crippen LogP contribution in [0.15, 0.2) is 42.6 Å². The zero-order valence-corrected chi connectivity index (χ0v) is 13.5. The molecule has 24 heavy (non-hydrogen) atoms. The van der Waals surface area contributed by atoms with E-state index >= 15 is 0 Å². The quantitative estimate of drug-likeness (QED) is 0.596. The van der Waals surface area contributed by atoms with Gasteiger partial charge in [-0.05, 0) is 24.3 Å². The van der Waals surface area contributed by atoms with Crippen LogP contribution in [-0.4, -0.2) is 44.2 Å². The third-order valence-corrected chi connectivity index (χ3v) is 3.21. The molecule has 1 amide bonds. The highest BCUT2D eigenvalue weighted by atomic mass is 16.5. The van der Waals surface area contributed by atoms with Gasteiger partial charge in [0.15, 0.2) is 0 Å². The molecule has 0 radical (unpaired) electrons. The number of aromatic nitrogens is 1. The second kappa shape index (κ2) is 8.64. The molecule has 0 bridgehead atoms. The standard InChI is InChI=1S/C17H19N3O4/c1-23-10-9-18-16(21)12-7-8-15(19-11-12)20-14-6-4-3-5-13(14)17(22)24-2/h3-8,11H,9-10H2,1-2H3,(H,18,21)(H,19,20). The van der Waals surface area contributed by atoms with Gasteiger partial charge in [-0.3, -0.25) is 4.79 Å². The van der Waals surface area contributed by atoms with Gasteiger partial charge in [-0.25, -0.2) is 9.78 Å². The number of hydrogen-bond acceptors (Lipinski definition) is 6. The maximum absolute atomic E-state index is 11.9. The number of ether oxygens (including phenoxy) is 2. The average molecular weight is 329 g/mol. The summed E-state index contributed by atoms with van der Waals surface area (Å²) >= 11 is 0. The Kier molecular flexibility index (Phi) is 6.27. The van der Waals surface area contributed by atoms with Gasteiger partial charge in [0, 0.05) is 19.9 Å². The molecule has 0 unspecified atom stereocenters. The number of hydrogen-bond donors (Lipinski definition) is 2. The molecule has 0 atom stereocenters. The van der Waals surface area contributed by atoms with Crippen molar-refractivity contribution in [2.45, 2.75) is 0 Å². The van der Waals surface area contributed by atoms with E-state index in [1.807, 2.05) is 0 Å². The van der Waals surface area contributed by atoms with Crippen LogP contribution in [-0.2, 0) is 9.47 Å². The summed E-state index contributed by atoms with van der Waals surface area (Å²) in [5.41, 5.74) is 1.43. The van der Waals surface area contributed by atoms with Crippen LogP contribution in [0.1, 0.15) is 20.7 Å². The molecule has 2 N–H and O–H groups in total. The molecule has 7 heteroatoms. The lowest BCUT2D eigenvalue weighted by molar-refractivity contribution is 0.0601. The van der Waals surface area contributed by atoms with Gasteiger partial charge < -0.3 is 20.1 Å². The number of methoxy groups -OCH3 is 2. The molecule has 2 aromatic rings. The lowest BCUT2D eigenvalue weighted by Crippen LogP contribution is -2.27. The van der Waals surface area contributed by atoms with Crippen molar-refractivity contribution in [1.29, 1.82) is 0 Å². The highest BCUT2D eigenvalue weighted by molar-refractivity contribution is 5.96. The number of amides is 1. The third-order valence-electron chi connectivity index (χ3n) is 3.21. The number of rotatable bonds is 7. The van der Waals surface area contributed by atoms with Crippen LogP contribution in [0.4, 0.5) is 11.5 Å². The van der Waals surface area contributed by atoms with Gasteiger partial charge in [0.25, 0.3) is 5.91 Å². The van der Waals surface area contributed by atoms with E-state index in [1.165, 1.54) is 13.3 Å². The predicted octanol–water partition coefficient (Wildman–Crippen LogP) is 1.99. The Morgan fingerprint density at radius 1 is 1.12 bits per heavy atom. The number of esters is 1. The van der Waals surface area contributed by atoms with Crippen LogP contribution in [0.2, 0.25) is 0 Å². The zero-order chi connectivity index (χ0) is 17.4. The van der Waals surface area contributed by atoms with E-state index in [9.17, 15) is 9.59 Å². The van der Waals surface area contributed by atoms with Crippen molar-refractivity contribution in [3.63, 3.8) is 0 Å². The fraction of sp³-hybridized carbons (Fsp3) is 0.235. The first kappa shape index (κ1) is 17.4. The molecule has 0 saturated carbocycles. The number of nitrogens with one attached hydrogen (secondary N) is 2. The van der Waals surface area contributed by atoms with E-state index in [2.05, 4.69) is 15.6 Å². The van der Waals surface area contributed by atoms with Gasteiger partial charge in [-0.15, -0.1) is 0 Å². The van der Waals surface area contributed by atoms with Gasteiger partial charge in [0.2, 0.25) is 0 Å². The van der Waals surface area contributed by atoms with E-state index in [1.54, 1.807) is 43.5 Å². The molecule has 1 aromatic carbocycles. The molecule has 0 aliphatic heterocycles. The van der Waals surface area contributed by atoms with Crippen molar-refractivity contribution in [2.75, 3.05) is 32.7 Å². The van der Waals surface area contributed by atoms with Crippen molar-refractivity contribution in [3.8, 4) is 0 Å². The summed E-state index contributed by atoms with van der Waals surface area (Å²) in [6.07, 6.45) is 1.46. The Hall–Kier alpha value is -2.93. The molecular weight excluding hydrogens is 310 g/mol. The highest BCUT2D eigenvalue weighted by Gasteiger charge is 2.12. The molecule has 2 rings (SSSR count). The Morgan fingerprint density at radius 2 is 1.92 bits per heavy atom. The van der Waals surface area contributed by atoms with E-state index in [0.29, 0.717) is 35.8 Å². The van der Waals surface area contributed by atoms with Crippen molar-refractivity contribution in [3.05, 3.63) is 53.7 Å². The largest absolute Gasteiger partial charge is 0.465 e. The molecule has 1 heterocycles. The SMILES string of the molecule is COCCNC(=O)c1ccc(Nc2ccccc2C(=O)OC)nc1. The van der Waals surface area contributed by atoms with Gasteiger partial charge in [0.1, 0.15) is 5.82 Å². The molecule has 0 aliphatic carbocycles. The molecular formula is C17H19N3O4. The normalized spacial score (nSPS) is 10.1. The Labute approximate surface area is 140 Å². The monoisotopic (exact) mass is 329 g/mol. The maximum atomic E-state index is 11.9. The van der Waals surface area contributed by atoms with Gasteiger partial charge in [-0.2, -0.15) is 0 Å². The summed E-state index contributed by atoms with van der Waals surface area (Å²) < 4.78 is 9.62. The fourth-order valence-electron chi connectivity index (χ4n) is 1.99. The molecule has 1 aromatic heterocycles. The first-order valence-electron chi connectivity index (χ1n) is 7.33. The average Bonchev–Trinajstić information content (AvgIpc) is 2.62. The predicted molar refractivity (Wildman–Crippen MR) is 89.5 cm³/mol. The van der Waals surface area contributed by atoms with E-state index in [4.69, 9.17) is 9.47 Å². The van der Waals surface area contributed by atoms with Crippen LogP contribution >= 0.6 is 0 Å². The van der Waals surface area contributed by atoms with Crippen LogP contribution < -0.4 is 10.6 Å². The van der Waals surface area contributed by atoms with Crippen LogP contribution in [0.5, 0.6) is 0 Å². The van der Waals surface area contributed by atoms with E-state index < -0.39 is 5.97 Å². The molecule has 0 saturated heterocycles. The second-order valence-electron chi connectivity index (χ2n) is 4.84. The Balaban J connectivity index is 2.07. The third kappa shape index (κ3) is 4.53. The van der Waals surface area contributed by atoms with Gasteiger partial charge in [-0.1, -0.05) is 12.1 Å². The minimum atomic E-state index is -0.438. The van der Waals surface area contributed by atoms with Crippen molar-refractivity contribution in [1.82, 2.24) is 10.3 Å². The fourth-order valence-corrected chi connectivity index (χ4v) is 1.99. The second-order valence-corrected chi connectivity index (χ2v) is 4.84. The summed E-state index contributed by atoms with van der Waals surface area (Å²) in [4.78, 5) is 27.8. The molecule has 0 aliphatic rings. The highest BCUT2D eigenvalue weighted by Crippen LogP contribution is 2.20. The smallest absolute Gasteiger partial charge is 0.339 e. The van der Waals surface area contributed by atoms with E-state index in [-0.39, 0.29) is 5.91 Å². The number of para-hydroxylation sites is 1. The number of nitrogens with zero attached hydrogens (tertiary/aromatic N) is 1. The number of benzene rings is 1. The summed E-state index contributed by atoms with van der Waals surface area (Å²) in [5.74, 6) is -0.145. The Morgan fingerprint density at radius 3 is 2.58 bits per heavy atom. The van der Waals surface area contributed by atoms with Crippen LogP contribution in [0, 0.1) is 0 Å². The molecule has 0 fully saturated rings. The number of carbonyl (C=O) groups is 2. The van der Waals surface area contributed by atoms with Crippen molar-refractivity contribution >= 4 is 23.4 Å². The number of anilines is 2. The number of carbonyl (C=O) groups excluding carboxylic acids is 2. The van der Waals surface area contributed by atoms with Crippen LogP contribution in [0.3, 0.4) is 0 Å². The van der Waals surface area contributed by atoms with Crippen molar-refractivity contribution < 1.29 is 19.1 Å². The topological polar surface area (TPSA) is 89.6 Å². The van der Waals surface area contributed by atoms with Crippen LogP contribution in [0.25, 0.3) is 0 Å². The Bertz CT molecular complexity index is 701. The summed E-state index contributed by atoms with van der Waals surface area (Å²) in [5, 5.41) is 5.76. The summed E-state index contributed by atoms with van der Waals surface area (Å²) in [6, 6.07) is 10.3. The lowest BCUT2D eigenvalue weighted by atomic mass is 10.2. The zero-order valence-electron chi connectivity index (χ0n) is 13.5. The van der Waals surface area contributed by atoms with Gasteiger partial charge >= 0.3 is 5.97 Å². The summed E-state index contributed by atoms with van der Waals surface area (Å²) in [6.45, 7) is 0.880. The maximum Gasteiger partial charge on any atom is 0.339 e. The van der Waals surface area contributed by atoms with Crippen molar-refractivity contribution in [2.24, 2.45) is 0 Å². The first-order chi connectivity index (χ1) is 11.7. The number of pyridine rings is 1. The first-order valence-corrected chi connectivity index (χ1v) is 7.33. The molecule has 7 nitrogen and oxygen atoms in total. The molecule has 126 valence electrons. The lowest BCUT2D eigenvalue weighted by Gasteiger charge is -2.10. The molecule has 0 spiro atoms. The minimum absolute atomic E-state index is 0.221. The minimum Gasteiger partial charge on any atom is -0.465 e. The summed E-state index contributed by atoms with van der Waals surface area (Å²) in [7, 11) is 2.90.